The van der Waals surface area contributed by atoms with Gasteiger partial charge < -0.3 is 9.47 Å². The maximum Gasteiger partial charge on any atom is 0.234 e. The predicted molar refractivity (Wildman–Crippen MR) is 73.8 cm³/mol. The van der Waals surface area contributed by atoms with Crippen LogP contribution in [0, 0.1) is 16.0 Å². The van der Waals surface area contributed by atoms with E-state index >= 15 is 0 Å². The van der Waals surface area contributed by atoms with Crippen LogP contribution in [0.5, 0.6) is 0 Å². The Hall–Kier alpha value is -1.50. The van der Waals surface area contributed by atoms with E-state index in [1.165, 1.54) is 14.2 Å². The Morgan fingerprint density at radius 3 is 2.50 bits per heavy atom. The van der Waals surface area contributed by atoms with E-state index in [9.17, 15) is 10.1 Å². The molecular weight excluding hydrogens is 260 g/mol. The molecule has 0 N–H and O–H groups in total. The summed E-state index contributed by atoms with van der Waals surface area (Å²) in [5.74, 6) is -0.247. The highest BCUT2D eigenvalue weighted by Gasteiger charge is 2.45. The molecule has 1 aliphatic rings. The van der Waals surface area contributed by atoms with Crippen LogP contribution in [0.1, 0.15) is 5.56 Å². The van der Waals surface area contributed by atoms with E-state index in [-0.39, 0.29) is 10.8 Å². The third kappa shape index (κ3) is 3.33. The molecule has 1 aromatic rings. The predicted octanol–water partition coefficient (Wildman–Crippen LogP) is 1.38. The van der Waals surface area contributed by atoms with E-state index < -0.39 is 12.3 Å². The van der Waals surface area contributed by atoms with E-state index in [0.29, 0.717) is 19.6 Å². The summed E-state index contributed by atoms with van der Waals surface area (Å²) in [6.07, 6.45) is -0.536. The molecular formula is C14H20N2O4. The molecule has 1 saturated heterocycles. The molecule has 0 saturated carbocycles. The number of likely N-dealkylation sites (tertiary alicyclic amines) is 1. The van der Waals surface area contributed by atoms with Crippen LogP contribution < -0.4 is 0 Å². The molecule has 110 valence electrons. The van der Waals surface area contributed by atoms with E-state index in [1.54, 1.807) is 0 Å². The smallest absolute Gasteiger partial charge is 0.234 e. The minimum Gasteiger partial charge on any atom is -0.355 e. The fourth-order valence-corrected chi connectivity index (χ4v) is 2.80. The molecule has 0 aliphatic carbocycles. The van der Waals surface area contributed by atoms with Gasteiger partial charge in [-0.25, -0.2) is 0 Å². The molecule has 6 nitrogen and oxygen atoms in total. The Kier molecular flexibility index (Phi) is 5.05. The molecule has 0 spiro atoms. The van der Waals surface area contributed by atoms with Gasteiger partial charge in [0.2, 0.25) is 6.04 Å². The summed E-state index contributed by atoms with van der Waals surface area (Å²) in [4.78, 5) is 13.1. The second-order valence-corrected chi connectivity index (χ2v) is 5.04. The number of benzene rings is 1. The highest BCUT2D eigenvalue weighted by atomic mass is 16.7. The average molecular weight is 280 g/mol. The highest BCUT2D eigenvalue weighted by Crippen LogP contribution is 2.26. The number of nitrogens with zero attached hydrogens (tertiary/aromatic N) is 2. The summed E-state index contributed by atoms with van der Waals surface area (Å²) in [5.41, 5.74) is 1.15. The maximum absolute atomic E-state index is 11.2. The SMILES string of the molecule is COC(OC)C1CN(Cc2ccccc2)CC1[N+](=O)[O-]. The topological polar surface area (TPSA) is 64.8 Å². The molecule has 2 atom stereocenters. The highest BCUT2D eigenvalue weighted by molar-refractivity contribution is 5.14. The van der Waals surface area contributed by atoms with Gasteiger partial charge in [-0.15, -0.1) is 0 Å². The first-order chi connectivity index (χ1) is 9.65. The molecule has 0 aromatic heterocycles. The van der Waals surface area contributed by atoms with Crippen molar-refractivity contribution in [1.29, 1.82) is 0 Å². The van der Waals surface area contributed by atoms with Crippen molar-refractivity contribution < 1.29 is 14.4 Å². The summed E-state index contributed by atoms with van der Waals surface area (Å²) in [7, 11) is 3.04. The molecule has 6 heteroatoms. The standard InChI is InChI=1S/C14H20N2O4/c1-19-14(20-2)12-9-15(10-13(12)16(17)18)8-11-6-4-3-5-7-11/h3-7,12-14H,8-10H2,1-2H3. The van der Waals surface area contributed by atoms with Crippen LogP contribution in [-0.2, 0) is 16.0 Å². The summed E-state index contributed by atoms with van der Waals surface area (Å²) >= 11 is 0. The van der Waals surface area contributed by atoms with Crippen LogP contribution in [0.25, 0.3) is 0 Å². The van der Waals surface area contributed by atoms with Crippen LogP contribution in [0.2, 0.25) is 0 Å². The van der Waals surface area contributed by atoms with E-state index in [4.69, 9.17) is 9.47 Å². The van der Waals surface area contributed by atoms with Gasteiger partial charge in [0.25, 0.3) is 0 Å². The van der Waals surface area contributed by atoms with Gasteiger partial charge in [0, 0.05) is 32.2 Å². The van der Waals surface area contributed by atoms with Gasteiger partial charge in [0.15, 0.2) is 6.29 Å². The van der Waals surface area contributed by atoms with Crippen LogP contribution in [0.4, 0.5) is 0 Å². The second kappa shape index (κ2) is 6.78. The summed E-state index contributed by atoms with van der Waals surface area (Å²) in [6.45, 7) is 1.74. The van der Waals surface area contributed by atoms with Crippen molar-refractivity contribution in [2.75, 3.05) is 27.3 Å². The lowest BCUT2D eigenvalue weighted by Crippen LogP contribution is -2.37. The van der Waals surface area contributed by atoms with Crippen molar-refractivity contribution in [3.05, 3.63) is 46.0 Å². The van der Waals surface area contributed by atoms with Gasteiger partial charge in [-0.1, -0.05) is 30.3 Å². The number of rotatable bonds is 6. The van der Waals surface area contributed by atoms with Gasteiger partial charge in [-0.2, -0.15) is 0 Å². The number of hydrogen-bond acceptors (Lipinski definition) is 5. The average Bonchev–Trinajstić information content (AvgIpc) is 2.85. The Balaban J connectivity index is 2.06. The van der Waals surface area contributed by atoms with E-state index in [2.05, 4.69) is 4.90 Å². The first-order valence-electron chi connectivity index (χ1n) is 6.61. The van der Waals surface area contributed by atoms with Crippen molar-refractivity contribution in [2.24, 2.45) is 5.92 Å². The number of hydrogen-bond donors (Lipinski definition) is 0. The van der Waals surface area contributed by atoms with Crippen LogP contribution in [0.3, 0.4) is 0 Å². The fourth-order valence-electron chi connectivity index (χ4n) is 2.80. The third-order valence-electron chi connectivity index (χ3n) is 3.74. The van der Waals surface area contributed by atoms with Crippen molar-refractivity contribution in [2.45, 2.75) is 18.9 Å². The van der Waals surface area contributed by atoms with Gasteiger partial charge in [0.1, 0.15) is 0 Å². The maximum atomic E-state index is 11.2. The first kappa shape index (κ1) is 14.9. The Bertz CT molecular complexity index is 436. The molecule has 0 bridgehead atoms. The zero-order valence-electron chi connectivity index (χ0n) is 11.8. The minimum absolute atomic E-state index is 0.222. The van der Waals surface area contributed by atoms with Crippen LogP contribution in [-0.4, -0.2) is 49.5 Å². The monoisotopic (exact) mass is 280 g/mol. The molecule has 1 aromatic carbocycles. The van der Waals surface area contributed by atoms with Crippen molar-refractivity contribution >= 4 is 0 Å². The minimum atomic E-state index is -0.649. The lowest BCUT2D eigenvalue weighted by Gasteiger charge is -2.21. The number of methoxy groups -OCH3 is 2. The van der Waals surface area contributed by atoms with Crippen LogP contribution >= 0.6 is 0 Å². The lowest BCUT2D eigenvalue weighted by molar-refractivity contribution is -0.530. The largest absolute Gasteiger partial charge is 0.355 e. The van der Waals surface area contributed by atoms with Crippen LogP contribution in [0.15, 0.2) is 30.3 Å². The second-order valence-electron chi connectivity index (χ2n) is 5.04. The molecule has 0 amide bonds. The Labute approximate surface area is 118 Å². The summed E-state index contributed by atoms with van der Waals surface area (Å²) in [5, 5.41) is 11.2. The normalized spacial score (nSPS) is 23.4. The van der Waals surface area contributed by atoms with Crippen molar-refractivity contribution in [3.8, 4) is 0 Å². The van der Waals surface area contributed by atoms with Gasteiger partial charge in [-0.05, 0) is 5.56 Å². The van der Waals surface area contributed by atoms with E-state index in [0.717, 1.165) is 5.56 Å². The van der Waals surface area contributed by atoms with Gasteiger partial charge in [-0.3, -0.25) is 15.0 Å². The zero-order valence-corrected chi connectivity index (χ0v) is 11.8. The third-order valence-corrected chi connectivity index (χ3v) is 3.74. The van der Waals surface area contributed by atoms with Crippen molar-refractivity contribution in [1.82, 2.24) is 4.90 Å². The first-order valence-corrected chi connectivity index (χ1v) is 6.61. The Morgan fingerprint density at radius 2 is 1.95 bits per heavy atom. The molecule has 20 heavy (non-hydrogen) atoms. The zero-order chi connectivity index (χ0) is 14.5. The van der Waals surface area contributed by atoms with E-state index in [1.807, 2.05) is 30.3 Å². The molecule has 0 radical (unpaired) electrons. The number of ether oxygens (including phenoxy) is 2. The fraction of sp³-hybridized carbons (Fsp3) is 0.571. The van der Waals surface area contributed by atoms with Crippen molar-refractivity contribution in [3.63, 3.8) is 0 Å². The summed E-state index contributed by atoms with van der Waals surface area (Å²) in [6, 6.07) is 9.31. The number of nitro groups is 1. The Morgan fingerprint density at radius 1 is 1.30 bits per heavy atom. The molecule has 1 fully saturated rings. The molecule has 2 rings (SSSR count). The quantitative estimate of drug-likeness (QED) is 0.447. The molecule has 2 unspecified atom stereocenters. The van der Waals surface area contributed by atoms with Gasteiger partial charge >= 0.3 is 0 Å². The lowest BCUT2D eigenvalue weighted by atomic mass is 10.0. The molecule has 1 aliphatic heterocycles. The molecule has 1 heterocycles. The van der Waals surface area contributed by atoms with Gasteiger partial charge in [0.05, 0.1) is 12.5 Å². The summed E-state index contributed by atoms with van der Waals surface area (Å²) < 4.78 is 10.4.